The van der Waals surface area contributed by atoms with Gasteiger partial charge in [-0.3, -0.25) is 0 Å². The van der Waals surface area contributed by atoms with Gasteiger partial charge in [0, 0.05) is 22.4 Å². The molecule has 0 bridgehead atoms. The summed E-state index contributed by atoms with van der Waals surface area (Å²) in [5.41, 5.74) is 28.0. The maximum absolute atomic E-state index is 2.60. The summed E-state index contributed by atoms with van der Waals surface area (Å²) in [7, 11) is 0. The van der Waals surface area contributed by atoms with Gasteiger partial charge in [-0.05, 0) is 153 Å². The Kier molecular flexibility index (Phi) is 9.00. The van der Waals surface area contributed by atoms with Gasteiger partial charge in [0.1, 0.15) is 0 Å². The highest BCUT2D eigenvalue weighted by molar-refractivity contribution is 6.03. The quantitative estimate of drug-likeness (QED) is 0.161. The summed E-state index contributed by atoms with van der Waals surface area (Å²) in [6.07, 6.45) is 0. The molecule has 16 rings (SSSR count). The van der Waals surface area contributed by atoms with Crippen LogP contribution in [-0.4, -0.2) is 0 Å². The van der Waals surface area contributed by atoms with Crippen LogP contribution >= 0.6 is 0 Å². The zero-order valence-corrected chi connectivity index (χ0v) is 42.4. The van der Waals surface area contributed by atoms with Gasteiger partial charge in [-0.1, -0.05) is 250 Å². The molecule has 12 aromatic rings. The molecule has 76 heavy (non-hydrogen) atoms. The minimum Gasteiger partial charge on any atom is -0.310 e. The lowest BCUT2D eigenvalue weighted by atomic mass is 9.67. The second-order valence-electron chi connectivity index (χ2n) is 21.8. The Morgan fingerprint density at radius 3 is 1.33 bits per heavy atom. The normalized spacial score (nSPS) is 14.8. The van der Waals surface area contributed by atoms with Gasteiger partial charge in [0.15, 0.2) is 0 Å². The zero-order valence-electron chi connectivity index (χ0n) is 42.4. The SMILES string of the molecule is CC1(C)c2cc(-c3cccc4ccccc34)ccc2-c2ccc(N(c3ccc4c(c3)C(c3ccccc3)(c3ccccc3)c3ccccc3-4)c3cccc4c3-c3ccccc3C43c4ccccc4-c4ccccc43)cc21. The third-order valence-corrected chi connectivity index (χ3v) is 18.0. The van der Waals surface area contributed by atoms with Crippen molar-refractivity contribution in [3.63, 3.8) is 0 Å². The molecule has 0 unspecified atom stereocenters. The Labute approximate surface area is 444 Å². The fourth-order valence-electron chi connectivity index (χ4n) is 14.8. The summed E-state index contributed by atoms with van der Waals surface area (Å²) in [4.78, 5) is 2.60. The van der Waals surface area contributed by atoms with Crippen molar-refractivity contribution in [3.05, 3.63) is 329 Å². The largest absolute Gasteiger partial charge is 0.310 e. The molecule has 0 aliphatic heterocycles. The molecule has 1 spiro atoms. The fourth-order valence-corrected chi connectivity index (χ4v) is 14.8. The lowest BCUT2D eigenvalue weighted by molar-refractivity contribution is 0.660. The molecular weight excluding hydrogens is 915 g/mol. The van der Waals surface area contributed by atoms with E-state index in [2.05, 4.69) is 292 Å². The lowest BCUT2D eigenvalue weighted by Gasteiger charge is -2.35. The van der Waals surface area contributed by atoms with Crippen molar-refractivity contribution in [2.24, 2.45) is 0 Å². The molecule has 0 saturated heterocycles. The molecule has 0 atom stereocenters. The van der Waals surface area contributed by atoms with Crippen LogP contribution in [0.1, 0.15) is 69.5 Å². The molecule has 4 aliphatic carbocycles. The molecule has 1 heteroatoms. The van der Waals surface area contributed by atoms with Crippen LogP contribution in [0.3, 0.4) is 0 Å². The van der Waals surface area contributed by atoms with Gasteiger partial charge in [0.2, 0.25) is 0 Å². The summed E-state index contributed by atoms with van der Waals surface area (Å²) in [6, 6.07) is 103. The van der Waals surface area contributed by atoms with Gasteiger partial charge in [0.05, 0.1) is 16.5 Å². The molecule has 0 amide bonds. The van der Waals surface area contributed by atoms with E-state index in [0.29, 0.717) is 0 Å². The van der Waals surface area contributed by atoms with Crippen molar-refractivity contribution < 1.29 is 0 Å². The van der Waals surface area contributed by atoms with E-state index in [4.69, 9.17) is 0 Å². The number of anilines is 3. The topological polar surface area (TPSA) is 3.24 Å². The molecule has 4 aliphatic rings. The average molecular weight is 966 g/mol. The van der Waals surface area contributed by atoms with Gasteiger partial charge >= 0.3 is 0 Å². The van der Waals surface area contributed by atoms with Crippen LogP contribution in [0.25, 0.3) is 66.4 Å². The number of benzene rings is 12. The van der Waals surface area contributed by atoms with Crippen LogP contribution < -0.4 is 4.90 Å². The predicted molar refractivity (Wildman–Crippen MR) is 315 cm³/mol. The van der Waals surface area contributed by atoms with Gasteiger partial charge in [0.25, 0.3) is 0 Å². The number of rotatable bonds is 6. The molecular formula is C75H51N. The van der Waals surface area contributed by atoms with Crippen LogP contribution in [0.5, 0.6) is 0 Å². The molecule has 0 aromatic heterocycles. The third kappa shape index (κ3) is 5.59. The first-order valence-electron chi connectivity index (χ1n) is 26.8. The molecule has 0 fully saturated rings. The Hall–Kier alpha value is -9.30. The van der Waals surface area contributed by atoms with E-state index in [0.717, 1.165) is 17.1 Å². The van der Waals surface area contributed by atoms with Gasteiger partial charge < -0.3 is 4.90 Å². The zero-order chi connectivity index (χ0) is 50.3. The van der Waals surface area contributed by atoms with Crippen LogP contribution in [0.2, 0.25) is 0 Å². The summed E-state index contributed by atoms with van der Waals surface area (Å²) in [5, 5.41) is 2.54. The van der Waals surface area contributed by atoms with Crippen molar-refractivity contribution in [2.75, 3.05) is 4.90 Å². The van der Waals surface area contributed by atoms with Crippen LogP contribution in [0, 0.1) is 0 Å². The standard InChI is InChI=1S/C75H51N/c1-73(2)68-45-49(55-32-19-22-48-21-9-10-27-54(48)55)39-42-59(68)60-43-40-52(46-69(60)73)76(53-41-44-61-58-30-11-15-33-63(58)74(70(61)47-53,50-23-5-3-6-24-50)51-25-7-4-8-26-51)71-38-20-37-67-72(71)62-31-14-18-36-66(62)75(67)64-34-16-12-28-56(64)57-29-13-17-35-65(57)75/h3-47H,1-2H3. The van der Waals surface area contributed by atoms with Crippen molar-refractivity contribution in [1.82, 2.24) is 0 Å². The summed E-state index contributed by atoms with van der Waals surface area (Å²) < 4.78 is 0. The first-order chi connectivity index (χ1) is 37.5. The molecule has 0 heterocycles. The summed E-state index contributed by atoms with van der Waals surface area (Å²) >= 11 is 0. The van der Waals surface area contributed by atoms with Crippen LogP contribution in [-0.2, 0) is 16.2 Å². The minimum atomic E-state index is -0.563. The first kappa shape index (κ1) is 43.1. The van der Waals surface area contributed by atoms with Crippen LogP contribution in [0.4, 0.5) is 17.1 Å². The summed E-state index contributed by atoms with van der Waals surface area (Å²) in [5.74, 6) is 0. The van der Waals surface area contributed by atoms with Crippen molar-refractivity contribution in [3.8, 4) is 55.6 Å². The minimum absolute atomic E-state index is 0.283. The van der Waals surface area contributed by atoms with E-state index >= 15 is 0 Å². The Bertz CT molecular complexity index is 4300. The third-order valence-electron chi connectivity index (χ3n) is 18.0. The molecule has 0 saturated carbocycles. The molecule has 356 valence electrons. The lowest BCUT2D eigenvalue weighted by Crippen LogP contribution is -2.28. The van der Waals surface area contributed by atoms with Gasteiger partial charge in [-0.15, -0.1) is 0 Å². The van der Waals surface area contributed by atoms with Crippen molar-refractivity contribution >= 4 is 27.8 Å². The Morgan fingerprint density at radius 1 is 0.276 bits per heavy atom. The van der Waals surface area contributed by atoms with E-state index < -0.39 is 10.8 Å². The van der Waals surface area contributed by atoms with Crippen LogP contribution in [0.15, 0.2) is 273 Å². The molecule has 0 radical (unpaired) electrons. The van der Waals surface area contributed by atoms with E-state index in [1.165, 1.54) is 122 Å². The maximum atomic E-state index is 2.60. The monoisotopic (exact) mass is 965 g/mol. The van der Waals surface area contributed by atoms with Crippen molar-refractivity contribution in [1.29, 1.82) is 0 Å². The smallest absolute Gasteiger partial charge is 0.0726 e. The van der Waals surface area contributed by atoms with E-state index in [9.17, 15) is 0 Å². The molecule has 0 N–H and O–H groups in total. The van der Waals surface area contributed by atoms with Gasteiger partial charge in [-0.25, -0.2) is 0 Å². The highest BCUT2D eigenvalue weighted by Gasteiger charge is 2.53. The second kappa shape index (κ2) is 15.9. The number of hydrogen-bond acceptors (Lipinski definition) is 1. The number of hydrogen-bond donors (Lipinski definition) is 0. The Balaban J connectivity index is 0.959. The molecule has 1 nitrogen and oxygen atoms in total. The van der Waals surface area contributed by atoms with E-state index in [-0.39, 0.29) is 5.41 Å². The first-order valence-corrected chi connectivity index (χ1v) is 26.8. The van der Waals surface area contributed by atoms with E-state index in [1.54, 1.807) is 0 Å². The Morgan fingerprint density at radius 2 is 0.697 bits per heavy atom. The highest BCUT2D eigenvalue weighted by Crippen LogP contribution is 2.65. The maximum Gasteiger partial charge on any atom is 0.0726 e. The number of fused-ring (bicyclic) bond motifs is 17. The van der Waals surface area contributed by atoms with E-state index in [1.807, 2.05) is 0 Å². The average Bonchev–Trinajstić information content (AvgIpc) is 4.35. The van der Waals surface area contributed by atoms with Crippen molar-refractivity contribution in [2.45, 2.75) is 30.1 Å². The molecule has 12 aromatic carbocycles. The highest BCUT2D eigenvalue weighted by atomic mass is 15.1. The number of nitrogens with zero attached hydrogens (tertiary/aromatic N) is 1. The predicted octanol–water partition coefficient (Wildman–Crippen LogP) is 19.0. The fraction of sp³-hybridized carbons (Fsp3) is 0.0667. The van der Waals surface area contributed by atoms with Gasteiger partial charge in [-0.2, -0.15) is 0 Å². The second-order valence-corrected chi connectivity index (χ2v) is 21.8. The summed E-state index contributed by atoms with van der Waals surface area (Å²) in [6.45, 7) is 4.85.